The van der Waals surface area contributed by atoms with E-state index < -0.39 is 11.9 Å². The maximum atomic E-state index is 12.2. The molecule has 1 aliphatic rings. The zero-order chi connectivity index (χ0) is 17.1. The molecule has 2 amide bonds. The number of rotatable bonds is 4. The number of ether oxygens (including phenoxy) is 1. The van der Waals surface area contributed by atoms with Crippen molar-refractivity contribution >= 4 is 29.2 Å². The molecule has 0 unspecified atom stereocenters. The lowest BCUT2D eigenvalue weighted by Crippen LogP contribution is -2.43. The molecule has 2 aromatic rings. The highest BCUT2D eigenvalue weighted by atomic mass is 16.5. The number of carbonyl (C=O) groups is 3. The smallest absolute Gasteiger partial charge is 0.265 e. The van der Waals surface area contributed by atoms with Crippen molar-refractivity contribution in [2.24, 2.45) is 0 Å². The molecular weight excluding hydrogens is 312 g/mol. The van der Waals surface area contributed by atoms with E-state index in [0.29, 0.717) is 17.1 Å². The summed E-state index contributed by atoms with van der Waals surface area (Å²) < 4.78 is 5.31. The van der Waals surface area contributed by atoms with Crippen LogP contribution in [0.5, 0.6) is 5.75 Å². The van der Waals surface area contributed by atoms with Gasteiger partial charge in [-0.2, -0.15) is 0 Å². The van der Waals surface area contributed by atoms with Gasteiger partial charge in [-0.05, 0) is 29.8 Å². The molecule has 122 valence electrons. The summed E-state index contributed by atoms with van der Waals surface area (Å²) in [5.41, 5.74) is 0.795. The van der Waals surface area contributed by atoms with E-state index in [2.05, 4.69) is 5.32 Å². The number of benzene rings is 2. The van der Waals surface area contributed by atoms with Crippen LogP contribution in [-0.4, -0.2) is 30.9 Å². The largest absolute Gasteiger partial charge is 0.545 e. The summed E-state index contributed by atoms with van der Waals surface area (Å²) in [7, 11) is 0. The van der Waals surface area contributed by atoms with E-state index in [9.17, 15) is 19.5 Å². The van der Waals surface area contributed by atoms with Crippen molar-refractivity contribution in [2.75, 3.05) is 23.4 Å². The molecule has 0 aliphatic carbocycles. The van der Waals surface area contributed by atoms with E-state index in [1.807, 2.05) is 0 Å². The maximum absolute atomic E-state index is 12.2. The molecular formula is C17H13N2O5-. The molecule has 0 radical (unpaired) electrons. The highest BCUT2D eigenvalue weighted by Crippen LogP contribution is 2.31. The van der Waals surface area contributed by atoms with Crippen LogP contribution < -0.4 is 20.1 Å². The molecule has 7 nitrogen and oxygen atoms in total. The average Bonchev–Trinajstić information content (AvgIpc) is 2.57. The van der Waals surface area contributed by atoms with Crippen LogP contribution in [-0.2, 0) is 9.59 Å². The van der Waals surface area contributed by atoms with Gasteiger partial charge < -0.3 is 20.0 Å². The number of carbonyl (C=O) groups excluding carboxylic acids is 3. The van der Waals surface area contributed by atoms with Gasteiger partial charge in [-0.25, -0.2) is 0 Å². The van der Waals surface area contributed by atoms with Crippen molar-refractivity contribution in [3.8, 4) is 5.75 Å². The first-order valence-electron chi connectivity index (χ1n) is 7.18. The molecule has 0 bridgehead atoms. The van der Waals surface area contributed by atoms with Crippen molar-refractivity contribution in [3.05, 3.63) is 54.1 Å². The van der Waals surface area contributed by atoms with Crippen LogP contribution in [0.2, 0.25) is 0 Å². The van der Waals surface area contributed by atoms with E-state index in [1.165, 1.54) is 23.1 Å². The molecule has 24 heavy (non-hydrogen) atoms. The van der Waals surface area contributed by atoms with Crippen LogP contribution in [0.4, 0.5) is 11.4 Å². The summed E-state index contributed by atoms with van der Waals surface area (Å²) in [6, 6.07) is 12.6. The summed E-state index contributed by atoms with van der Waals surface area (Å²) in [6.07, 6.45) is 0. The van der Waals surface area contributed by atoms with Crippen LogP contribution in [0.25, 0.3) is 0 Å². The lowest BCUT2D eigenvalue weighted by Gasteiger charge is -2.28. The number of nitrogens with zero attached hydrogens (tertiary/aromatic N) is 1. The highest BCUT2D eigenvalue weighted by Gasteiger charge is 2.26. The Morgan fingerprint density at radius 1 is 1.17 bits per heavy atom. The van der Waals surface area contributed by atoms with E-state index in [1.54, 1.807) is 30.3 Å². The lowest BCUT2D eigenvalue weighted by molar-refractivity contribution is -0.255. The molecule has 1 heterocycles. The summed E-state index contributed by atoms with van der Waals surface area (Å²) in [5.74, 6) is -1.57. The second kappa shape index (κ2) is 6.41. The summed E-state index contributed by atoms with van der Waals surface area (Å²) in [5, 5.41) is 13.4. The Hall–Kier alpha value is -3.35. The predicted molar refractivity (Wildman–Crippen MR) is 83.7 cm³/mol. The van der Waals surface area contributed by atoms with Gasteiger partial charge in [0.25, 0.3) is 5.91 Å². The van der Waals surface area contributed by atoms with Crippen LogP contribution >= 0.6 is 0 Å². The molecule has 0 saturated carbocycles. The van der Waals surface area contributed by atoms with Crippen LogP contribution in [0.3, 0.4) is 0 Å². The third kappa shape index (κ3) is 3.19. The van der Waals surface area contributed by atoms with Crippen molar-refractivity contribution in [2.45, 2.75) is 0 Å². The Bertz CT molecular complexity index is 818. The zero-order valence-corrected chi connectivity index (χ0v) is 12.5. The second-order valence-electron chi connectivity index (χ2n) is 5.15. The van der Waals surface area contributed by atoms with Crippen molar-refractivity contribution in [3.63, 3.8) is 0 Å². The standard InChI is InChI=1S/C17H14N2O5/c20-15(18-12-5-3-4-11(8-12)17(22)23)9-19-13-6-1-2-7-14(13)24-10-16(19)21/h1-8H,9-10H2,(H,18,20)(H,22,23)/p-1. The van der Waals surface area contributed by atoms with Gasteiger partial charge in [0.2, 0.25) is 5.91 Å². The number of carboxylic acids is 1. The van der Waals surface area contributed by atoms with E-state index in [0.717, 1.165) is 0 Å². The number of fused-ring (bicyclic) bond motifs is 1. The van der Waals surface area contributed by atoms with Gasteiger partial charge in [-0.15, -0.1) is 0 Å². The van der Waals surface area contributed by atoms with Gasteiger partial charge in [0, 0.05) is 5.69 Å². The second-order valence-corrected chi connectivity index (χ2v) is 5.15. The van der Waals surface area contributed by atoms with Gasteiger partial charge in [0.1, 0.15) is 12.3 Å². The molecule has 1 N–H and O–H groups in total. The Balaban J connectivity index is 1.74. The highest BCUT2D eigenvalue weighted by molar-refractivity contribution is 6.05. The number of nitrogens with one attached hydrogen (secondary N) is 1. The van der Waals surface area contributed by atoms with E-state index >= 15 is 0 Å². The number of hydrogen-bond donors (Lipinski definition) is 1. The van der Waals surface area contributed by atoms with Gasteiger partial charge in [-0.1, -0.05) is 24.3 Å². The van der Waals surface area contributed by atoms with Gasteiger partial charge >= 0.3 is 0 Å². The number of hydrogen-bond acceptors (Lipinski definition) is 5. The molecule has 0 fully saturated rings. The average molecular weight is 325 g/mol. The van der Waals surface area contributed by atoms with Gasteiger partial charge in [-0.3, -0.25) is 14.5 Å². The fourth-order valence-electron chi connectivity index (χ4n) is 2.40. The number of amides is 2. The monoisotopic (exact) mass is 325 g/mol. The van der Waals surface area contributed by atoms with Gasteiger partial charge in [0.15, 0.2) is 6.61 Å². The minimum absolute atomic E-state index is 0.0411. The van der Waals surface area contributed by atoms with Crippen molar-refractivity contribution in [1.82, 2.24) is 0 Å². The fourth-order valence-corrected chi connectivity index (χ4v) is 2.40. The molecule has 2 aromatic carbocycles. The molecule has 0 spiro atoms. The Kier molecular flexibility index (Phi) is 4.15. The summed E-state index contributed by atoms with van der Waals surface area (Å²) >= 11 is 0. The van der Waals surface area contributed by atoms with Crippen LogP contribution in [0, 0.1) is 0 Å². The topological polar surface area (TPSA) is 98.8 Å². The zero-order valence-electron chi connectivity index (χ0n) is 12.5. The molecule has 0 saturated heterocycles. The number of para-hydroxylation sites is 2. The van der Waals surface area contributed by atoms with Crippen molar-refractivity contribution in [1.29, 1.82) is 0 Å². The van der Waals surface area contributed by atoms with E-state index in [-0.39, 0.29) is 24.6 Å². The minimum Gasteiger partial charge on any atom is -0.545 e. The molecule has 3 rings (SSSR count). The summed E-state index contributed by atoms with van der Waals surface area (Å²) in [4.78, 5) is 36.4. The number of aromatic carboxylic acids is 1. The molecule has 0 aromatic heterocycles. The molecule has 7 heteroatoms. The quantitative estimate of drug-likeness (QED) is 0.878. The fraction of sp³-hybridized carbons (Fsp3) is 0.118. The van der Waals surface area contributed by atoms with Crippen LogP contribution in [0.15, 0.2) is 48.5 Å². The normalized spacial score (nSPS) is 13.0. The Labute approximate surface area is 137 Å². The number of carboxylic acid groups (broad SMARTS) is 1. The first-order valence-corrected chi connectivity index (χ1v) is 7.18. The molecule has 1 aliphatic heterocycles. The third-order valence-electron chi connectivity index (χ3n) is 3.49. The van der Waals surface area contributed by atoms with Crippen molar-refractivity contribution < 1.29 is 24.2 Å². The van der Waals surface area contributed by atoms with E-state index in [4.69, 9.17) is 4.74 Å². The SMILES string of the molecule is O=C(CN1C(=O)COc2ccccc21)Nc1cccc(C(=O)[O-])c1. The third-order valence-corrected chi connectivity index (χ3v) is 3.49. The lowest BCUT2D eigenvalue weighted by atomic mass is 10.2. The maximum Gasteiger partial charge on any atom is 0.265 e. The Morgan fingerprint density at radius 3 is 2.75 bits per heavy atom. The summed E-state index contributed by atoms with van der Waals surface area (Å²) in [6.45, 7) is -0.334. The molecule has 0 atom stereocenters. The number of anilines is 2. The van der Waals surface area contributed by atoms with Crippen LogP contribution in [0.1, 0.15) is 10.4 Å². The van der Waals surface area contributed by atoms with Gasteiger partial charge in [0.05, 0.1) is 11.7 Å². The Morgan fingerprint density at radius 2 is 1.96 bits per heavy atom. The minimum atomic E-state index is -1.33. The predicted octanol–water partition coefficient (Wildman–Crippen LogP) is 0.414. The first-order chi connectivity index (χ1) is 11.5. The first kappa shape index (κ1) is 15.5.